The lowest BCUT2D eigenvalue weighted by Crippen LogP contribution is -2.27. The number of nitrogens with zero attached hydrogens (tertiary/aromatic N) is 3. The highest BCUT2D eigenvalue weighted by Gasteiger charge is 2.13. The Labute approximate surface area is 106 Å². The minimum Gasteiger partial charge on any atom is -0.380 e. The fourth-order valence-corrected chi connectivity index (χ4v) is 1.89. The summed E-state index contributed by atoms with van der Waals surface area (Å²) in [6, 6.07) is 1.84. The lowest BCUT2D eigenvalue weighted by Gasteiger charge is -2.21. The minimum absolute atomic E-state index is 0.368. The molecule has 7 heteroatoms. The number of ether oxygens (including phenoxy) is 2. The number of nitrogens with two attached hydrogens (primary N) is 1. The van der Waals surface area contributed by atoms with E-state index in [2.05, 4.69) is 20.3 Å². The number of nitrogen functional groups attached to an aromatic ring is 1. The Hall–Kier alpha value is -1.44. The second-order valence-corrected chi connectivity index (χ2v) is 4.06. The summed E-state index contributed by atoms with van der Waals surface area (Å²) >= 11 is 0. The topological polar surface area (TPSA) is 85.5 Å². The zero-order chi connectivity index (χ0) is 12.8. The molecule has 18 heavy (non-hydrogen) atoms. The Morgan fingerprint density at radius 2 is 2.33 bits per heavy atom. The van der Waals surface area contributed by atoms with Gasteiger partial charge >= 0.3 is 0 Å². The zero-order valence-corrected chi connectivity index (χ0v) is 10.6. The van der Waals surface area contributed by atoms with E-state index in [9.17, 15) is 0 Å². The lowest BCUT2D eigenvalue weighted by atomic mass is 10.3. The van der Waals surface area contributed by atoms with Crippen LogP contribution in [0.25, 0.3) is 0 Å². The number of hydrogen-bond acceptors (Lipinski definition) is 7. The van der Waals surface area contributed by atoms with E-state index in [0.29, 0.717) is 18.2 Å². The molecular weight excluding hydrogens is 234 g/mol. The fraction of sp³-hybridized carbons (Fsp3) is 0.636. The number of anilines is 2. The van der Waals surface area contributed by atoms with E-state index >= 15 is 0 Å². The van der Waals surface area contributed by atoms with E-state index in [4.69, 9.17) is 15.3 Å². The molecule has 1 fully saturated rings. The van der Waals surface area contributed by atoms with Gasteiger partial charge in [-0.1, -0.05) is 0 Å². The molecule has 0 spiro atoms. The maximum Gasteiger partial charge on any atom is 0.158 e. The summed E-state index contributed by atoms with van der Waals surface area (Å²) < 4.78 is 10.5. The predicted octanol–water partition coefficient (Wildman–Crippen LogP) is 0.135. The molecule has 2 rings (SSSR count). The molecule has 0 atom stereocenters. The van der Waals surface area contributed by atoms with Gasteiger partial charge in [-0.15, -0.1) is 0 Å². The third kappa shape index (κ3) is 3.28. The Balaban J connectivity index is 2.21. The van der Waals surface area contributed by atoms with Crippen molar-refractivity contribution in [2.75, 3.05) is 43.7 Å². The van der Waals surface area contributed by atoms with Crippen LogP contribution >= 0.6 is 0 Å². The largest absolute Gasteiger partial charge is 0.380 e. The van der Waals surface area contributed by atoms with Crippen LogP contribution in [-0.2, 0) is 16.1 Å². The summed E-state index contributed by atoms with van der Waals surface area (Å²) in [5.41, 5.74) is 2.56. The van der Waals surface area contributed by atoms with Crippen molar-refractivity contribution in [3.63, 3.8) is 0 Å². The summed E-state index contributed by atoms with van der Waals surface area (Å²) in [6.45, 7) is 3.64. The monoisotopic (exact) mass is 253 g/mol. The number of nitrogens with one attached hydrogen (secondary N) is 1. The molecule has 1 aromatic heterocycles. The van der Waals surface area contributed by atoms with Crippen molar-refractivity contribution in [2.45, 2.75) is 13.0 Å². The van der Waals surface area contributed by atoms with E-state index in [0.717, 1.165) is 38.5 Å². The summed E-state index contributed by atoms with van der Waals surface area (Å²) in [6.07, 6.45) is 0.995. The normalized spacial score (nSPS) is 16.4. The van der Waals surface area contributed by atoms with Gasteiger partial charge in [-0.05, 0) is 6.42 Å². The smallest absolute Gasteiger partial charge is 0.158 e. The Morgan fingerprint density at radius 3 is 3.11 bits per heavy atom. The molecule has 0 unspecified atom stereocenters. The first-order chi connectivity index (χ1) is 8.83. The number of hydrogen-bond donors (Lipinski definition) is 2. The quantitative estimate of drug-likeness (QED) is 0.583. The molecule has 0 bridgehead atoms. The van der Waals surface area contributed by atoms with Crippen molar-refractivity contribution in [2.24, 2.45) is 5.84 Å². The summed E-state index contributed by atoms with van der Waals surface area (Å²) in [5, 5.41) is 0. The third-order valence-electron chi connectivity index (χ3n) is 2.73. The highest BCUT2D eigenvalue weighted by Crippen LogP contribution is 2.17. The molecule has 0 amide bonds. The predicted molar refractivity (Wildman–Crippen MR) is 68.2 cm³/mol. The van der Waals surface area contributed by atoms with Gasteiger partial charge in [0.2, 0.25) is 0 Å². The molecule has 0 aromatic carbocycles. The molecule has 1 aliphatic heterocycles. The number of methoxy groups -OCH3 is 1. The molecule has 7 nitrogen and oxygen atoms in total. The molecule has 0 radical (unpaired) electrons. The van der Waals surface area contributed by atoms with E-state index in [1.165, 1.54) is 0 Å². The molecular formula is C11H19N5O2. The molecule has 1 saturated heterocycles. The van der Waals surface area contributed by atoms with Crippen LogP contribution in [-0.4, -0.2) is 43.4 Å². The van der Waals surface area contributed by atoms with Crippen molar-refractivity contribution in [3.8, 4) is 0 Å². The van der Waals surface area contributed by atoms with Crippen LogP contribution in [0.3, 0.4) is 0 Å². The third-order valence-corrected chi connectivity index (χ3v) is 2.73. The van der Waals surface area contributed by atoms with Gasteiger partial charge in [0.1, 0.15) is 18.2 Å². The van der Waals surface area contributed by atoms with Crippen LogP contribution in [0, 0.1) is 0 Å². The fourth-order valence-electron chi connectivity index (χ4n) is 1.89. The average Bonchev–Trinajstić information content (AvgIpc) is 2.67. The lowest BCUT2D eigenvalue weighted by molar-refractivity contribution is 0.152. The number of aromatic nitrogens is 2. The van der Waals surface area contributed by atoms with Crippen LogP contribution in [0.2, 0.25) is 0 Å². The highest BCUT2D eigenvalue weighted by molar-refractivity contribution is 5.48. The van der Waals surface area contributed by atoms with E-state index in [-0.39, 0.29) is 0 Å². The second kappa shape index (κ2) is 6.48. The van der Waals surface area contributed by atoms with Crippen molar-refractivity contribution < 1.29 is 9.47 Å². The van der Waals surface area contributed by atoms with Gasteiger partial charge in [-0.2, -0.15) is 0 Å². The van der Waals surface area contributed by atoms with Crippen LogP contribution in [0.4, 0.5) is 11.6 Å². The highest BCUT2D eigenvalue weighted by atomic mass is 16.5. The second-order valence-electron chi connectivity index (χ2n) is 4.06. The molecule has 100 valence electrons. The molecule has 1 aromatic rings. The summed E-state index contributed by atoms with van der Waals surface area (Å²) in [4.78, 5) is 10.9. The van der Waals surface area contributed by atoms with E-state index in [1.807, 2.05) is 6.07 Å². The van der Waals surface area contributed by atoms with Gasteiger partial charge in [-0.25, -0.2) is 15.8 Å². The van der Waals surface area contributed by atoms with Crippen molar-refractivity contribution in [3.05, 3.63) is 11.9 Å². The average molecular weight is 253 g/mol. The first kappa shape index (κ1) is 13.0. The standard InChI is InChI=1S/C11H19N5O2/c1-17-8-10-13-9(15-12)7-11(14-10)16-3-2-5-18-6-4-16/h7H,2-6,8,12H2,1H3,(H,13,14,15). The SMILES string of the molecule is COCc1nc(NN)cc(N2CCCOCC2)n1. The van der Waals surface area contributed by atoms with Gasteiger partial charge < -0.3 is 19.8 Å². The molecule has 0 aliphatic carbocycles. The maximum atomic E-state index is 5.43. The van der Waals surface area contributed by atoms with E-state index < -0.39 is 0 Å². The van der Waals surface area contributed by atoms with Gasteiger partial charge in [0.25, 0.3) is 0 Å². The zero-order valence-electron chi connectivity index (χ0n) is 10.6. The van der Waals surface area contributed by atoms with Gasteiger partial charge in [0, 0.05) is 32.9 Å². The van der Waals surface area contributed by atoms with Crippen LogP contribution in [0.5, 0.6) is 0 Å². The molecule has 0 saturated carbocycles. The number of rotatable bonds is 4. The van der Waals surface area contributed by atoms with Crippen LogP contribution < -0.4 is 16.2 Å². The minimum atomic E-state index is 0.368. The van der Waals surface area contributed by atoms with E-state index in [1.54, 1.807) is 7.11 Å². The number of hydrazine groups is 1. The summed E-state index contributed by atoms with van der Waals surface area (Å²) in [5.74, 6) is 7.49. The first-order valence-corrected chi connectivity index (χ1v) is 5.99. The van der Waals surface area contributed by atoms with Gasteiger partial charge in [-0.3, -0.25) is 0 Å². The molecule has 3 N–H and O–H groups in total. The van der Waals surface area contributed by atoms with Crippen molar-refractivity contribution >= 4 is 11.6 Å². The summed E-state index contributed by atoms with van der Waals surface area (Å²) in [7, 11) is 1.62. The van der Waals surface area contributed by atoms with Crippen LogP contribution in [0.1, 0.15) is 12.2 Å². The van der Waals surface area contributed by atoms with Crippen molar-refractivity contribution in [1.82, 2.24) is 9.97 Å². The van der Waals surface area contributed by atoms with Gasteiger partial charge in [0.15, 0.2) is 5.82 Å². The maximum absolute atomic E-state index is 5.43. The van der Waals surface area contributed by atoms with Crippen molar-refractivity contribution in [1.29, 1.82) is 0 Å². The Kier molecular flexibility index (Phi) is 4.68. The first-order valence-electron chi connectivity index (χ1n) is 5.99. The Morgan fingerprint density at radius 1 is 1.44 bits per heavy atom. The van der Waals surface area contributed by atoms with Crippen LogP contribution in [0.15, 0.2) is 6.07 Å². The molecule has 1 aliphatic rings. The Bertz CT molecular complexity index is 380. The van der Waals surface area contributed by atoms with Gasteiger partial charge in [0.05, 0.1) is 6.61 Å². The molecule has 2 heterocycles.